The van der Waals surface area contributed by atoms with Crippen molar-refractivity contribution in [2.75, 3.05) is 13.1 Å². The van der Waals surface area contributed by atoms with Crippen LogP contribution in [0, 0.1) is 12.8 Å². The summed E-state index contributed by atoms with van der Waals surface area (Å²) < 4.78 is 2.36. The number of rotatable bonds is 1. The standard InChI is InChI=1S/C13H17N5S/c1-8-15-10(7-19-8)13-17-16-12-3-2-9-6-14-5-4-11(9)18(12)13/h7,9,11,14H,2-6H2,1H3/t9-,11-/m1/s1. The fourth-order valence-electron chi connectivity index (χ4n) is 3.34. The number of nitrogens with zero attached hydrogens (tertiary/aromatic N) is 4. The molecule has 6 heteroatoms. The Hall–Kier alpha value is -1.27. The summed E-state index contributed by atoms with van der Waals surface area (Å²) in [5.41, 5.74) is 0.987. The Morgan fingerprint density at radius 3 is 3.16 bits per heavy atom. The van der Waals surface area contributed by atoms with E-state index in [1.807, 2.05) is 6.92 Å². The highest BCUT2D eigenvalue weighted by Gasteiger charge is 2.34. The Bertz CT molecular complexity index is 602. The van der Waals surface area contributed by atoms with E-state index in [-0.39, 0.29) is 0 Å². The van der Waals surface area contributed by atoms with Crippen LogP contribution in [0.25, 0.3) is 11.5 Å². The van der Waals surface area contributed by atoms with Crippen LogP contribution in [0.2, 0.25) is 0 Å². The first-order chi connectivity index (χ1) is 9.33. The van der Waals surface area contributed by atoms with Gasteiger partial charge in [0.25, 0.3) is 0 Å². The molecule has 100 valence electrons. The molecule has 0 bridgehead atoms. The third kappa shape index (κ3) is 1.81. The third-order valence-corrected chi connectivity index (χ3v) is 5.03. The predicted molar refractivity (Wildman–Crippen MR) is 74.2 cm³/mol. The number of nitrogens with one attached hydrogen (secondary N) is 1. The molecule has 0 aromatic carbocycles. The molecular formula is C13H17N5S. The van der Waals surface area contributed by atoms with Gasteiger partial charge in [-0.15, -0.1) is 21.5 Å². The number of piperidine rings is 1. The largest absolute Gasteiger partial charge is 0.316 e. The van der Waals surface area contributed by atoms with E-state index in [1.54, 1.807) is 11.3 Å². The molecule has 1 saturated heterocycles. The van der Waals surface area contributed by atoms with Gasteiger partial charge in [-0.25, -0.2) is 4.98 Å². The van der Waals surface area contributed by atoms with Gasteiger partial charge in [0.05, 0.1) is 5.01 Å². The van der Waals surface area contributed by atoms with Gasteiger partial charge in [0, 0.05) is 17.8 Å². The number of fused-ring (bicyclic) bond motifs is 3. The van der Waals surface area contributed by atoms with Gasteiger partial charge in [0.1, 0.15) is 11.5 Å². The molecule has 2 atom stereocenters. The van der Waals surface area contributed by atoms with Gasteiger partial charge < -0.3 is 9.88 Å². The van der Waals surface area contributed by atoms with Crippen molar-refractivity contribution in [3.63, 3.8) is 0 Å². The summed E-state index contributed by atoms with van der Waals surface area (Å²) in [4.78, 5) is 4.58. The second-order valence-corrected chi connectivity index (χ2v) is 6.48. The van der Waals surface area contributed by atoms with Crippen LogP contribution in [0.1, 0.15) is 29.7 Å². The Morgan fingerprint density at radius 1 is 1.37 bits per heavy atom. The Balaban J connectivity index is 1.81. The second kappa shape index (κ2) is 4.38. The first kappa shape index (κ1) is 11.5. The normalized spacial score (nSPS) is 25.9. The second-order valence-electron chi connectivity index (χ2n) is 5.42. The van der Waals surface area contributed by atoms with Crippen molar-refractivity contribution in [3.8, 4) is 11.5 Å². The number of hydrogen-bond donors (Lipinski definition) is 1. The van der Waals surface area contributed by atoms with E-state index in [0.29, 0.717) is 6.04 Å². The minimum atomic E-state index is 0.553. The van der Waals surface area contributed by atoms with E-state index in [0.717, 1.165) is 47.8 Å². The maximum absolute atomic E-state index is 4.58. The van der Waals surface area contributed by atoms with Gasteiger partial charge in [-0.2, -0.15) is 0 Å². The van der Waals surface area contributed by atoms with Crippen molar-refractivity contribution in [3.05, 3.63) is 16.2 Å². The van der Waals surface area contributed by atoms with Crippen LogP contribution in [0.4, 0.5) is 0 Å². The molecule has 0 aliphatic carbocycles. The molecular weight excluding hydrogens is 258 g/mol. The molecule has 0 radical (unpaired) electrons. The Morgan fingerprint density at radius 2 is 2.32 bits per heavy atom. The summed E-state index contributed by atoms with van der Waals surface area (Å²) >= 11 is 1.68. The van der Waals surface area contributed by atoms with Crippen LogP contribution in [0.5, 0.6) is 0 Å². The first-order valence-electron chi connectivity index (χ1n) is 6.90. The zero-order valence-electron chi connectivity index (χ0n) is 11.0. The molecule has 4 heterocycles. The van der Waals surface area contributed by atoms with Crippen LogP contribution in [-0.2, 0) is 6.42 Å². The lowest BCUT2D eigenvalue weighted by atomic mass is 9.86. The minimum Gasteiger partial charge on any atom is -0.316 e. The maximum Gasteiger partial charge on any atom is 0.183 e. The van der Waals surface area contributed by atoms with Gasteiger partial charge in [-0.1, -0.05) is 0 Å². The van der Waals surface area contributed by atoms with Gasteiger partial charge >= 0.3 is 0 Å². The van der Waals surface area contributed by atoms with E-state index < -0.39 is 0 Å². The van der Waals surface area contributed by atoms with E-state index in [9.17, 15) is 0 Å². The predicted octanol–water partition coefficient (Wildman–Crippen LogP) is 1.81. The zero-order valence-corrected chi connectivity index (χ0v) is 11.8. The SMILES string of the molecule is Cc1nc(-c2nnc3n2[C@@H]2CCNC[C@H]2CC3)cs1. The molecule has 1 fully saturated rings. The molecule has 2 aliphatic heterocycles. The molecule has 0 unspecified atom stereocenters. The minimum absolute atomic E-state index is 0.553. The van der Waals surface area contributed by atoms with Crippen LogP contribution >= 0.6 is 11.3 Å². The van der Waals surface area contributed by atoms with E-state index >= 15 is 0 Å². The van der Waals surface area contributed by atoms with Crippen LogP contribution < -0.4 is 5.32 Å². The summed E-state index contributed by atoms with van der Waals surface area (Å²) in [7, 11) is 0. The molecule has 2 aliphatic rings. The third-order valence-electron chi connectivity index (χ3n) is 4.25. The average Bonchev–Trinajstić information content (AvgIpc) is 3.04. The van der Waals surface area contributed by atoms with Crippen LogP contribution in [0.15, 0.2) is 5.38 Å². The number of aromatic nitrogens is 4. The molecule has 0 amide bonds. The van der Waals surface area contributed by atoms with Gasteiger partial charge in [0.15, 0.2) is 5.82 Å². The fourth-order valence-corrected chi connectivity index (χ4v) is 3.93. The first-order valence-corrected chi connectivity index (χ1v) is 7.78. The highest BCUT2D eigenvalue weighted by molar-refractivity contribution is 7.09. The zero-order chi connectivity index (χ0) is 12.8. The summed E-state index contributed by atoms with van der Waals surface area (Å²) in [6.45, 7) is 4.25. The molecule has 0 saturated carbocycles. The average molecular weight is 275 g/mol. The quantitative estimate of drug-likeness (QED) is 0.862. The van der Waals surface area contributed by atoms with Crippen molar-refractivity contribution >= 4 is 11.3 Å². The molecule has 5 nitrogen and oxygen atoms in total. The van der Waals surface area contributed by atoms with Crippen molar-refractivity contribution in [2.24, 2.45) is 5.92 Å². The van der Waals surface area contributed by atoms with E-state index in [2.05, 4.69) is 30.4 Å². The van der Waals surface area contributed by atoms with Crippen molar-refractivity contribution in [1.82, 2.24) is 25.1 Å². The lowest BCUT2D eigenvalue weighted by molar-refractivity contribution is 0.215. The fraction of sp³-hybridized carbons (Fsp3) is 0.615. The van der Waals surface area contributed by atoms with Crippen molar-refractivity contribution in [1.29, 1.82) is 0 Å². The lowest BCUT2D eigenvalue weighted by Gasteiger charge is -2.37. The lowest BCUT2D eigenvalue weighted by Crippen LogP contribution is -2.41. The maximum atomic E-state index is 4.58. The molecule has 19 heavy (non-hydrogen) atoms. The molecule has 0 spiro atoms. The topological polar surface area (TPSA) is 55.6 Å². The Labute approximate surface area is 116 Å². The molecule has 1 N–H and O–H groups in total. The highest BCUT2D eigenvalue weighted by Crippen LogP contribution is 2.37. The van der Waals surface area contributed by atoms with E-state index in [4.69, 9.17) is 0 Å². The van der Waals surface area contributed by atoms with E-state index in [1.165, 1.54) is 12.8 Å². The highest BCUT2D eigenvalue weighted by atomic mass is 32.1. The van der Waals surface area contributed by atoms with Crippen molar-refractivity contribution in [2.45, 2.75) is 32.2 Å². The number of hydrogen-bond acceptors (Lipinski definition) is 5. The van der Waals surface area contributed by atoms with Gasteiger partial charge in [-0.3, -0.25) is 0 Å². The number of aryl methyl sites for hydroxylation is 2. The summed E-state index contributed by atoms with van der Waals surface area (Å²) in [5.74, 6) is 2.83. The Kier molecular flexibility index (Phi) is 2.66. The van der Waals surface area contributed by atoms with Gasteiger partial charge in [-0.05, 0) is 38.8 Å². The summed E-state index contributed by atoms with van der Waals surface area (Å²) in [5, 5.41) is 15.5. The van der Waals surface area contributed by atoms with Crippen LogP contribution in [-0.4, -0.2) is 32.8 Å². The number of thiazole rings is 1. The van der Waals surface area contributed by atoms with Gasteiger partial charge in [0.2, 0.25) is 0 Å². The van der Waals surface area contributed by atoms with Crippen LogP contribution in [0.3, 0.4) is 0 Å². The molecule has 2 aromatic rings. The molecule has 2 aromatic heterocycles. The summed E-state index contributed by atoms with van der Waals surface area (Å²) in [6.07, 6.45) is 3.44. The monoisotopic (exact) mass is 275 g/mol. The molecule has 4 rings (SSSR count). The smallest absolute Gasteiger partial charge is 0.183 e. The van der Waals surface area contributed by atoms with Crippen molar-refractivity contribution < 1.29 is 0 Å². The summed E-state index contributed by atoms with van der Waals surface area (Å²) in [6, 6.07) is 0.553.